The highest BCUT2D eigenvalue weighted by Crippen LogP contribution is 2.27. The van der Waals surface area contributed by atoms with E-state index in [2.05, 4.69) is 5.43 Å². The third-order valence-electron chi connectivity index (χ3n) is 2.77. The van der Waals surface area contributed by atoms with Gasteiger partial charge in [0, 0.05) is 32.3 Å². The van der Waals surface area contributed by atoms with Crippen LogP contribution in [0.3, 0.4) is 0 Å². The molecule has 1 aromatic carbocycles. The van der Waals surface area contributed by atoms with Gasteiger partial charge in [-0.25, -0.2) is 8.42 Å². The molecular weight excluding hydrogens is 300 g/mol. The Balaban J connectivity index is 3.10. The number of nitrogens with two attached hydrogens (primary N) is 1. The highest BCUT2D eigenvalue weighted by Gasteiger charge is 2.25. The van der Waals surface area contributed by atoms with Gasteiger partial charge in [-0.1, -0.05) is 0 Å². The molecule has 118 valence electrons. The smallest absolute Gasteiger partial charge is 0.271 e. The Morgan fingerprint density at radius 3 is 2.67 bits per heavy atom. The number of ether oxygens (including phenoxy) is 1. The molecule has 0 unspecified atom stereocenters. The molecular formula is C11H18N4O5S. The molecule has 0 bridgehead atoms. The first kappa shape index (κ1) is 17.3. The lowest BCUT2D eigenvalue weighted by molar-refractivity contribution is -0.384. The number of anilines is 1. The largest absolute Gasteiger partial charge is 0.380 e. The predicted molar refractivity (Wildman–Crippen MR) is 77.2 cm³/mol. The molecule has 0 spiro atoms. The third kappa shape index (κ3) is 4.11. The monoisotopic (exact) mass is 318 g/mol. The van der Waals surface area contributed by atoms with Crippen LogP contribution >= 0.6 is 0 Å². The second kappa shape index (κ2) is 7.31. The molecule has 0 radical (unpaired) electrons. The number of rotatable bonds is 8. The second-order valence-electron chi connectivity index (χ2n) is 4.11. The van der Waals surface area contributed by atoms with E-state index in [1.54, 1.807) is 6.92 Å². The quantitative estimate of drug-likeness (QED) is 0.310. The van der Waals surface area contributed by atoms with Crippen LogP contribution in [-0.4, -0.2) is 44.5 Å². The highest BCUT2D eigenvalue weighted by atomic mass is 32.2. The molecule has 0 aromatic heterocycles. The van der Waals surface area contributed by atoms with Crippen LogP contribution in [0.25, 0.3) is 0 Å². The number of nitro benzene ring substituents is 1. The van der Waals surface area contributed by atoms with Crippen LogP contribution in [-0.2, 0) is 14.8 Å². The molecule has 0 fully saturated rings. The summed E-state index contributed by atoms with van der Waals surface area (Å²) in [5, 5.41) is 10.7. The molecule has 0 aliphatic carbocycles. The summed E-state index contributed by atoms with van der Waals surface area (Å²) in [7, 11) is -2.42. The Labute approximate surface area is 122 Å². The van der Waals surface area contributed by atoms with Gasteiger partial charge in [0.2, 0.25) is 10.0 Å². The fourth-order valence-corrected chi connectivity index (χ4v) is 2.88. The van der Waals surface area contributed by atoms with E-state index < -0.39 is 14.9 Å². The van der Waals surface area contributed by atoms with Crippen molar-refractivity contribution in [3.8, 4) is 0 Å². The first-order valence-corrected chi connectivity index (χ1v) is 7.57. The summed E-state index contributed by atoms with van der Waals surface area (Å²) in [6, 6.07) is 3.34. The standard InChI is InChI=1S/C11H18N4O5S/c1-3-20-7-6-14(2)21(18,19)11-5-4-9(15(16)17)8-10(11)13-12/h4-5,8,13H,3,6-7,12H2,1-2H3. The average Bonchev–Trinajstić information content (AvgIpc) is 2.46. The number of hydrogen-bond acceptors (Lipinski definition) is 7. The van der Waals surface area contributed by atoms with E-state index in [-0.39, 0.29) is 29.4 Å². The lowest BCUT2D eigenvalue weighted by atomic mass is 10.3. The van der Waals surface area contributed by atoms with E-state index in [0.717, 1.165) is 22.5 Å². The molecule has 0 aliphatic heterocycles. The van der Waals surface area contributed by atoms with Gasteiger partial charge in [-0.3, -0.25) is 16.0 Å². The summed E-state index contributed by atoms with van der Waals surface area (Å²) in [4.78, 5) is 9.94. The Kier molecular flexibility index (Phi) is 6.03. The topological polar surface area (TPSA) is 128 Å². The van der Waals surface area contributed by atoms with Crippen molar-refractivity contribution >= 4 is 21.4 Å². The van der Waals surface area contributed by atoms with Crippen LogP contribution in [0, 0.1) is 10.1 Å². The number of hydrazine groups is 1. The third-order valence-corrected chi connectivity index (χ3v) is 4.69. The number of non-ortho nitro benzene ring substituents is 1. The number of benzene rings is 1. The summed E-state index contributed by atoms with van der Waals surface area (Å²) in [5.41, 5.74) is 1.89. The van der Waals surface area contributed by atoms with Crippen molar-refractivity contribution < 1.29 is 18.1 Å². The molecule has 10 heteroatoms. The zero-order chi connectivity index (χ0) is 16.0. The number of nitrogens with zero attached hydrogens (tertiary/aromatic N) is 2. The maximum atomic E-state index is 12.4. The Morgan fingerprint density at radius 2 is 2.14 bits per heavy atom. The van der Waals surface area contributed by atoms with Gasteiger partial charge in [0.15, 0.2) is 0 Å². The minimum atomic E-state index is -3.82. The number of nitrogen functional groups attached to an aromatic ring is 1. The summed E-state index contributed by atoms with van der Waals surface area (Å²) in [5.74, 6) is 5.26. The Bertz CT molecular complexity index is 605. The molecule has 0 saturated carbocycles. The van der Waals surface area contributed by atoms with Crippen LogP contribution in [0.15, 0.2) is 23.1 Å². The molecule has 3 N–H and O–H groups in total. The van der Waals surface area contributed by atoms with Crippen LogP contribution in [0.5, 0.6) is 0 Å². The van der Waals surface area contributed by atoms with Gasteiger partial charge in [-0.05, 0) is 13.0 Å². The van der Waals surface area contributed by atoms with Gasteiger partial charge in [0.25, 0.3) is 5.69 Å². The fourth-order valence-electron chi connectivity index (χ4n) is 1.59. The first-order chi connectivity index (χ1) is 9.84. The number of nitrogens with one attached hydrogen (secondary N) is 1. The molecule has 0 atom stereocenters. The average molecular weight is 318 g/mol. The van der Waals surface area contributed by atoms with Gasteiger partial charge in [-0.2, -0.15) is 4.31 Å². The number of sulfonamides is 1. The number of likely N-dealkylation sites (N-methyl/N-ethyl adjacent to an activating group) is 1. The van der Waals surface area contributed by atoms with E-state index in [0.29, 0.717) is 6.61 Å². The molecule has 9 nitrogen and oxygen atoms in total. The normalized spacial score (nSPS) is 11.6. The van der Waals surface area contributed by atoms with Crippen molar-refractivity contribution in [1.29, 1.82) is 0 Å². The molecule has 1 aromatic rings. The lowest BCUT2D eigenvalue weighted by Gasteiger charge is -2.18. The van der Waals surface area contributed by atoms with E-state index in [9.17, 15) is 18.5 Å². The molecule has 0 saturated heterocycles. The van der Waals surface area contributed by atoms with Crippen molar-refractivity contribution in [1.82, 2.24) is 4.31 Å². The summed E-state index contributed by atoms with van der Waals surface area (Å²) >= 11 is 0. The van der Waals surface area contributed by atoms with Crippen LogP contribution in [0.2, 0.25) is 0 Å². The predicted octanol–water partition coefficient (Wildman–Crippen LogP) is 0.537. The van der Waals surface area contributed by atoms with Crippen molar-refractivity contribution in [2.75, 3.05) is 32.2 Å². The van der Waals surface area contributed by atoms with Crippen molar-refractivity contribution in [3.05, 3.63) is 28.3 Å². The van der Waals surface area contributed by atoms with Gasteiger partial charge >= 0.3 is 0 Å². The van der Waals surface area contributed by atoms with Gasteiger partial charge in [0.1, 0.15) is 4.90 Å². The minimum Gasteiger partial charge on any atom is -0.380 e. The molecule has 0 heterocycles. The number of nitro groups is 1. The molecule has 1 rings (SSSR count). The van der Waals surface area contributed by atoms with E-state index in [1.165, 1.54) is 7.05 Å². The molecule has 0 amide bonds. The zero-order valence-electron chi connectivity index (χ0n) is 11.8. The van der Waals surface area contributed by atoms with Crippen molar-refractivity contribution in [2.24, 2.45) is 5.84 Å². The van der Waals surface area contributed by atoms with Crippen LogP contribution in [0.1, 0.15) is 6.92 Å². The van der Waals surface area contributed by atoms with Crippen LogP contribution in [0.4, 0.5) is 11.4 Å². The van der Waals surface area contributed by atoms with E-state index >= 15 is 0 Å². The highest BCUT2D eigenvalue weighted by molar-refractivity contribution is 7.89. The Hall–Kier alpha value is -1.75. The summed E-state index contributed by atoms with van der Waals surface area (Å²) < 4.78 is 31.0. The van der Waals surface area contributed by atoms with E-state index in [4.69, 9.17) is 10.6 Å². The van der Waals surface area contributed by atoms with Crippen molar-refractivity contribution in [2.45, 2.75) is 11.8 Å². The minimum absolute atomic E-state index is 0.0348. The second-order valence-corrected chi connectivity index (χ2v) is 6.12. The fraction of sp³-hybridized carbons (Fsp3) is 0.455. The zero-order valence-corrected chi connectivity index (χ0v) is 12.6. The first-order valence-electron chi connectivity index (χ1n) is 6.13. The number of hydrogen-bond donors (Lipinski definition) is 2. The van der Waals surface area contributed by atoms with E-state index in [1.807, 2.05) is 0 Å². The maximum absolute atomic E-state index is 12.4. The van der Waals surface area contributed by atoms with Crippen molar-refractivity contribution in [3.63, 3.8) is 0 Å². The molecule has 0 aliphatic rings. The van der Waals surface area contributed by atoms with Crippen LogP contribution < -0.4 is 11.3 Å². The van der Waals surface area contributed by atoms with Gasteiger partial charge < -0.3 is 10.2 Å². The van der Waals surface area contributed by atoms with Gasteiger partial charge in [-0.15, -0.1) is 0 Å². The maximum Gasteiger partial charge on any atom is 0.271 e. The lowest BCUT2D eigenvalue weighted by Crippen LogP contribution is -2.31. The summed E-state index contributed by atoms with van der Waals surface area (Å²) in [6.45, 7) is 2.71. The molecule has 21 heavy (non-hydrogen) atoms. The summed E-state index contributed by atoms with van der Waals surface area (Å²) in [6.07, 6.45) is 0. The SMILES string of the molecule is CCOCCN(C)S(=O)(=O)c1ccc([N+](=O)[O-])cc1NN. The Morgan fingerprint density at radius 1 is 1.48 bits per heavy atom. The van der Waals surface area contributed by atoms with Gasteiger partial charge in [0.05, 0.1) is 17.2 Å².